The van der Waals surface area contributed by atoms with E-state index in [9.17, 15) is 14.7 Å². The fraction of sp³-hybridized carbons (Fsp3) is 0.304. The van der Waals surface area contributed by atoms with Gasteiger partial charge in [-0.05, 0) is 51.8 Å². The molecule has 1 amide bonds. The molecule has 1 N–H and O–H groups in total. The van der Waals surface area contributed by atoms with Gasteiger partial charge in [0.05, 0.1) is 44.0 Å². The van der Waals surface area contributed by atoms with Crippen molar-refractivity contribution in [1.29, 1.82) is 0 Å². The van der Waals surface area contributed by atoms with E-state index in [1.54, 1.807) is 36.4 Å². The summed E-state index contributed by atoms with van der Waals surface area (Å²) in [7, 11) is 6.05. The van der Waals surface area contributed by atoms with E-state index in [1.165, 1.54) is 33.3 Å². The Morgan fingerprint density at radius 2 is 1.62 bits per heavy atom. The van der Waals surface area contributed by atoms with Crippen LogP contribution in [0.25, 0.3) is 5.76 Å². The van der Waals surface area contributed by atoms with Gasteiger partial charge in [0.1, 0.15) is 11.5 Å². The van der Waals surface area contributed by atoms with Crippen molar-refractivity contribution in [3.63, 3.8) is 0 Å². The van der Waals surface area contributed by atoms with Crippen LogP contribution in [0.5, 0.6) is 17.2 Å². The summed E-state index contributed by atoms with van der Waals surface area (Å²) in [5, 5.41) is 11.1. The summed E-state index contributed by atoms with van der Waals surface area (Å²) >= 11 is 3.38. The number of amides is 1. The second-order valence-corrected chi connectivity index (χ2v) is 7.80. The maximum atomic E-state index is 13.0. The van der Waals surface area contributed by atoms with Crippen LogP contribution < -0.4 is 14.2 Å². The summed E-state index contributed by atoms with van der Waals surface area (Å²) in [6, 6.07) is 9.18. The van der Waals surface area contributed by atoms with Crippen LogP contribution in [-0.2, 0) is 14.3 Å². The predicted octanol–water partition coefficient (Wildman–Crippen LogP) is 3.54. The summed E-state index contributed by atoms with van der Waals surface area (Å²) < 4.78 is 21.6. The molecule has 0 spiro atoms. The number of rotatable bonds is 8. The van der Waals surface area contributed by atoms with E-state index in [-0.39, 0.29) is 24.5 Å². The molecule has 1 aliphatic heterocycles. The molecule has 8 nitrogen and oxygen atoms in total. The Morgan fingerprint density at radius 1 is 0.969 bits per heavy atom. The zero-order valence-electron chi connectivity index (χ0n) is 18.2. The van der Waals surface area contributed by atoms with Crippen LogP contribution in [0, 0.1) is 0 Å². The van der Waals surface area contributed by atoms with Gasteiger partial charge in [-0.15, -0.1) is 0 Å². The monoisotopic (exact) mass is 505 g/mol. The number of likely N-dealkylation sites (tertiary alicyclic amines) is 1. The van der Waals surface area contributed by atoms with Gasteiger partial charge in [-0.25, -0.2) is 0 Å². The third-order valence-corrected chi connectivity index (χ3v) is 5.84. The fourth-order valence-corrected chi connectivity index (χ4v) is 4.18. The van der Waals surface area contributed by atoms with E-state index in [0.29, 0.717) is 32.8 Å². The molecule has 1 unspecified atom stereocenters. The Labute approximate surface area is 194 Å². The van der Waals surface area contributed by atoms with Crippen molar-refractivity contribution in [2.24, 2.45) is 0 Å². The molecule has 170 valence electrons. The Kier molecular flexibility index (Phi) is 7.42. The van der Waals surface area contributed by atoms with Crippen LogP contribution in [0.2, 0.25) is 0 Å². The number of benzene rings is 2. The van der Waals surface area contributed by atoms with Gasteiger partial charge >= 0.3 is 0 Å². The number of aliphatic hydroxyl groups excluding tert-OH is 1. The molecule has 9 heteroatoms. The number of halogens is 1. The Morgan fingerprint density at radius 3 is 2.22 bits per heavy atom. The van der Waals surface area contributed by atoms with Gasteiger partial charge in [-0.3, -0.25) is 9.59 Å². The number of ether oxygens (including phenoxy) is 4. The summed E-state index contributed by atoms with van der Waals surface area (Å²) in [5.74, 6) is -0.259. The first kappa shape index (κ1) is 23.6. The zero-order valence-corrected chi connectivity index (χ0v) is 19.8. The molecule has 2 aromatic rings. The highest BCUT2D eigenvalue weighted by atomic mass is 79.9. The van der Waals surface area contributed by atoms with Crippen LogP contribution in [0.4, 0.5) is 0 Å². The van der Waals surface area contributed by atoms with Crippen LogP contribution in [0.1, 0.15) is 17.2 Å². The van der Waals surface area contributed by atoms with Crippen LogP contribution >= 0.6 is 15.9 Å². The molecule has 1 fully saturated rings. The van der Waals surface area contributed by atoms with Crippen molar-refractivity contribution in [3.05, 3.63) is 57.6 Å². The number of Topliss-reactive ketones (excluding diaryl/α,β-unsaturated/α-hetero) is 1. The van der Waals surface area contributed by atoms with Crippen molar-refractivity contribution in [2.75, 3.05) is 41.6 Å². The van der Waals surface area contributed by atoms with Crippen molar-refractivity contribution in [1.82, 2.24) is 4.90 Å². The first-order valence-electron chi connectivity index (χ1n) is 9.71. The highest BCUT2D eigenvalue weighted by molar-refractivity contribution is 9.10. The quantitative estimate of drug-likeness (QED) is 0.333. The molecule has 1 aliphatic rings. The maximum absolute atomic E-state index is 13.0. The lowest BCUT2D eigenvalue weighted by atomic mass is 9.95. The summed E-state index contributed by atoms with van der Waals surface area (Å²) in [6.07, 6.45) is 0. The second-order valence-electron chi connectivity index (χ2n) is 6.95. The SMILES string of the molecule is COCCN1C(=O)C(=O)/C(=C(\O)c2ccc(OC)c(Br)c2)C1c1ccc(OC)c(OC)c1. The minimum Gasteiger partial charge on any atom is -0.507 e. The van der Waals surface area contributed by atoms with Gasteiger partial charge in [-0.1, -0.05) is 6.07 Å². The number of nitrogens with zero attached hydrogens (tertiary/aromatic N) is 1. The van der Waals surface area contributed by atoms with Crippen LogP contribution in [0.3, 0.4) is 0 Å². The average Bonchev–Trinajstić information content (AvgIpc) is 3.06. The molecule has 3 rings (SSSR count). The largest absolute Gasteiger partial charge is 0.507 e. The van der Waals surface area contributed by atoms with E-state index < -0.39 is 17.7 Å². The number of hydrogen-bond donors (Lipinski definition) is 1. The normalized spacial score (nSPS) is 17.5. The van der Waals surface area contributed by atoms with Crippen molar-refractivity contribution < 1.29 is 33.6 Å². The molecule has 0 saturated carbocycles. The Balaban J connectivity index is 2.20. The fourth-order valence-electron chi connectivity index (χ4n) is 3.64. The first-order valence-corrected chi connectivity index (χ1v) is 10.5. The van der Waals surface area contributed by atoms with E-state index >= 15 is 0 Å². The first-order chi connectivity index (χ1) is 15.4. The standard InChI is InChI=1S/C23H24BrNO7/c1-29-10-9-25-20(13-5-8-17(31-3)18(12-13)32-4)19(22(27)23(25)28)21(26)14-6-7-16(30-2)15(24)11-14/h5-8,11-12,20,26H,9-10H2,1-4H3/b21-19-. The van der Waals surface area contributed by atoms with E-state index in [4.69, 9.17) is 18.9 Å². The molecule has 0 radical (unpaired) electrons. The van der Waals surface area contributed by atoms with Crippen molar-refractivity contribution >= 4 is 33.4 Å². The van der Waals surface area contributed by atoms with Crippen LogP contribution in [0.15, 0.2) is 46.4 Å². The van der Waals surface area contributed by atoms with Gasteiger partial charge < -0.3 is 29.0 Å². The number of hydrogen-bond acceptors (Lipinski definition) is 7. The summed E-state index contributed by atoms with van der Waals surface area (Å²) in [4.78, 5) is 27.3. The van der Waals surface area contributed by atoms with Gasteiger partial charge in [0.25, 0.3) is 11.7 Å². The Hall–Kier alpha value is -3.04. The van der Waals surface area contributed by atoms with Crippen LogP contribution in [-0.4, -0.2) is 63.3 Å². The highest BCUT2D eigenvalue weighted by Gasteiger charge is 2.46. The number of carbonyl (C=O) groups excluding carboxylic acids is 2. The number of ketones is 1. The molecule has 0 bridgehead atoms. The van der Waals surface area contributed by atoms with E-state index in [2.05, 4.69) is 15.9 Å². The summed E-state index contributed by atoms with van der Waals surface area (Å²) in [5.41, 5.74) is 0.940. The smallest absolute Gasteiger partial charge is 0.295 e. The number of aliphatic hydroxyl groups is 1. The van der Waals surface area contributed by atoms with Crippen molar-refractivity contribution in [3.8, 4) is 17.2 Å². The molecule has 1 atom stereocenters. The van der Waals surface area contributed by atoms with E-state index in [0.717, 1.165) is 0 Å². The summed E-state index contributed by atoms with van der Waals surface area (Å²) in [6.45, 7) is 0.397. The molecule has 32 heavy (non-hydrogen) atoms. The third kappa shape index (κ3) is 4.31. The second kappa shape index (κ2) is 10.1. The van der Waals surface area contributed by atoms with Gasteiger partial charge in [0.15, 0.2) is 11.5 Å². The molecular formula is C23H24BrNO7. The van der Waals surface area contributed by atoms with Crippen molar-refractivity contribution in [2.45, 2.75) is 6.04 Å². The van der Waals surface area contributed by atoms with Gasteiger partial charge in [0, 0.05) is 19.2 Å². The minimum atomic E-state index is -0.828. The van der Waals surface area contributed by atoms with E-state index in [1.807, 2.05) is 0 Å². The zero-order chi connectivity index (χ0) is 23.4. The predicted molar refractivity (Wildman–Crippen MR) is 121 cm³/mol. The number of carbonyl (C=O) groups is 2. The number of methoxy groups -OCH3 is 4. The van der Waals surface area contributed by atoms with Gasteiger partial charge in [-0.2, -0.15) is 0 Å². The minimum absolute atomic E-state index is 0.0182. The molecule has 1 saturated heterocycles. The molecule has 1 heterocycles. The topological polar surface area (TPSA) is 94.5 Å². The highest BCUT2D eigenvalue weighted by Crippen LogP contribution is 2.42. The average molecular weight is 506 g/mol. The molecule has 0 aliphatic carbocycles. The Bertz CT molecular complexity index is 1070. The van der Waals surface area contributed by atoms with Gasteiger partial charge in [0.2, 0.25) is 0 Å². The molecule has 0 aromatic heterocycles. The molecular weight excluding hydrogens is 482 g/mol. The lowest BCUT2D eigenvalue weighted by Crippen LogP contribution is -2.32. The molecule has 2 aromatic carbocycles. The maximum Gasteiger partial charge on any atom is 0.295 e. The lowest BCUT2D eigenvalue weighted by Gasteiger charge is -2.25. The lowest BCUT2D eigenvalue weighted by molar-refractivity contribution is -0.140. The third-order valence-electron chi connectivity index (χ3n) is 5.22.